The zero-order valence-electron chi connectivity index (χ0n) is 14.4. The lowest BCUT2D eigenvalue weighted by Crippen LogP contribution is -2.49. The topological polar surface area (TPSA) is 33.7 Å². The molecule has 0 aliphatic carbocycles. The summed E-state index contributed by atoms with van der Waals surface area (Å²) in [6.45, 7) is 3.78. The standard InChI is InChI=1S/C19H20F2N2O2S/c1-13-2-7-17(21)18(10-13)25-12-16-11-23(8-9-24-16)19(26)22-15-5-3-14(20)4-6-15/h2-7,10,16H,8-9,11-12H2,1H3,(H,22,26). The average Bonchev–Trinajstić information content (AvgIpc) is 2.64. The molecule has 4 nitrogen and oxygen atoms in total. The van der Waals surface area contributed by atoms with Crippen LogP contribution < -0.4 is 10.1 Å². The fourth-order valence-electron chi connectivity index (χ4n) is 2.64. The second kappa shape index (κ2) is 8.42. The molecule has 3 rings (SSSR count). The van der Waals surface area contributed by atoms with Crippen LogP contribution in [-0.4, -0.2) is 42.4 Å². The minimum absolute atomic E-state index is 0.220. The van der Waals surface area contributed by atoms with E-state index in [1.807, 2.05) is 11.8 Å². The summed E-state index contributed by atoms with van der Waals surface area (Å²) in [7, 11) is 0. The van der Waals surface area contributed by atoms with Crippen LogP contribution in [0.5, 0.6) is 5.75 Å². The number of aryl methyl sites for hydroxylation is 1. The van der Waals surface area contributed by atoms with E-state index in [2.05, 4.69) is 5.32 Å². The van der Waals surface area contributed by atoms with E-state index >= 15 is 0 Å². The molecular weight excluding hydrogens is 358 g/mol. The van der Waals surface area contributed by atoms with E-state index in [1.165, 1.54) is 18.2 Å². The Kier molecular flexibility index (Phi) is 6.00. The van der Waals surface area contributed by atoms with E-state index in [4.69, 9.17) is 21.7 Å². The fourth-order valence-corrected chi connectivity index (χ4v) is 2.93. The van der Waals surface area contributed by atoms with E-state index in [0.29, 0.717) is 24.8 Å². The molecule has 1 saturated heterocycles. The predicted octanol–water partition coefficient (Wildman–Crippen LogP) is 3.75. The Labute approximate surface area is 156 Å². The lowest BCUT2D eigenvalue weighted by molar-refractivity contribution is -0.0285. The number of benzene rings is 2. The molecule has 1 aliphatic heterocycles. The van der Waals surface area contributed by atoms with E-state index in [1.54, 1.807) is 24.3 Å². The molecule has 0 aromatic heterocycles. The van der Waals surface area contributed by atoms with E-state index in [9.17, 15) is 8.78 Å². The summed E-state index contributed by atoms with van der Waals surface area (Å²) < 4.78 is 38.0. The maximum absolute atomic E-state index is 13.8. The molecule has 0 saturated carbocycles. The highest BCUT2D eigenvalue weighted by atomic mass is 32.1. The molecule has 0 spiro atoms. The van der Waals surface area contributed by atoms with Crippen LogP contribution in [0.4, 0.5) is 14.5 Å². The summed E-state index contributed by atoms with van der Waals surface area (Å²) in [5.74, 6) is -0.470. The number of halogens is 2. The van der Waals surface area contributed by atoms with Gasteiger partial charge in [0.1, 0.15) is 18.5 Å². The molecule has 26 heavy (non-hydrogen) atoms. The summed E-state index contributed by atoms with van der Waals surface area (Å²) in [6, 6.07) is 10.7. The van der Waals surface area contributed by atoms with Gasteiger partial charge in [0, 0.05) is 18.8 Å². The first kappa shape index (κ1) is 18.5. The van der Waals surface area contributed by atoms with Crippen molar-refractivity contribution in [3.63, 3.8) is 0 Å². The first-order valence-corrected chi connectivity index (χ1v) is 8.74. The summed E-state index contributed by atoms with van der Waals surface area (Å²) >= 11 is 5.42. The first-order chi connectivity index (χ1) is 12.5. The van der Waals surface area contributed by atoms with E-state index in [0.717, 1.165) is 11.3 Å². The van der Waals surface area contributed by atoms with Gasteiger partial charge in [-0.15, -0.1) is 0 Å². The van der Waals surface area contributed by atoms with Crippen molar-refractivity contribution in [2.45, 2.75) is 13.0 Å². The second-order valence-electron chi connectivity index (χ2n) is 6.12. The number of anilines is 1. The van der Waals surface area contributed by atoms with Crippen LogP contribution in [0.3, 0.4) is 0 Å². The molecule has 1 heterocycles. The summed E-state index contributed by atoms with van der Waals surface area (Å²) in [5, 5.41) is 3.62. The minimum Gasteiger partial charge on any atom is -0.488 e. The normalized spacial score (nSPS) is 17.0. The molecule has 1 atom stereocenters. The number of nitrogens with one attached hydrogen (secondary N) is 1. The van der Waals surface area contributed by atoms with Crippen molar-refractivity contribution in [3.8, 4) is 5.75 Å². The van der Waals surface area contributed by atoms with Crippen LogP contribution in [-0.2, 0) is 4.74 Å². The quantitative estimate of drug-likeness (QED) is 0.820. The van der Waals surface area contributed by atoms with Gasteiger partial charge in [-0.25, -0.2) is 8.78 Å². The summed E-state index contributed by atoms with van der Waals surface area (Å²) in [5.41, 5.74) is 1.65. The van der Waals surface area contributed by atoms with Gasteiger partial charge < -0.3 is 19.7 Å². The molecular formula is C19H20F2N2O2S. The monoisotopic (exact) mass is 378 g/mol. The smallest absolute Gasteiger partial charge is 0.173 e. The Morgan fingerprint density at radius 1 is 1.27 bits per heavy atom. The van der Waals surface area contributed by atoms with Gasteiger partial charge in [0.15, 0.2) is 16.7 Å². The Morgan fingerprint density at radius 2 is 2.04 bits per heavy atom. The van der Waals surface area contributed by atoms with Gasteiger partial charge >= 0.3 is 0 Å². The van der Waals surface area contributed by atoms with Gasteiger partial charge in [0.05, 0.1) is 6.61 Å². The number of ether oxygens (including phenoxy) is 2. The van der Waals surface area contributed by atoms with Gasteiger partial charge in [0.25, 0.3) is 0 Å². The number of morpholine rings is 1. The minimum atomic E-state index is -0.392. The van der Waals surface area contributed by atoms with E-state index in [-0.39, 0.29) is 24.3 Å². The van der Waals surface area contributed by atoms with Crippen molar-refractivity contribution in [3.05, 3.63) is 59.7 Å². The van der Waals surface area contributed by atoms with Gasteiger partial charge in [-0.1, -0.05) is 6.07 Å². The highest BCUT2D eigenvalue weighted by Gasteiger charge is 2.23. The maximum atomic E-state index is 13.8. The van der Waals surface area contributed by atoms with Gasteiger partial charge in [-0.3, -0.25) is 0 Å². The predicted molar refractivity (Wildman–Crippen MR) is 101 cm³/mol. The van der Waals surface area contributed by atoms with Gasteiger partial charge in [0.2, 0.25) is 0 Å². The molecule has 7 heteroatoms. The molecule has 0 bridgehead atoms. The lowest BCUT2D eigenvalue weighted by atomic mass is 10.2. The van der Waals surface area contributed by atoms with Crippen molar-refractivity contribution in [1.82, 2.24) is 4.90 Å². The zero-order chi connectivity index (χ0) is 18.5. The number of nitrogens with zero attached hydrogens (tertiary/aromatic N) is 1. The van der Waals surface area contributed by atoms with Crippen LogP contribution in [0.15, 0.2) is 42.5 Å². The lowest BCUT2D eigenvalue weighted by Gasteiger charge is -2.34. The highest BCUT2D eigenvalue weighted by Crippen LogP contribution is 2.19. The number of hydrogen-bond donors (Lipinski definition) is 1. The maximum Gasteiger partial charge on any atom is 0.173 e. The summed E-state index contributed by atoms with van der Waals surface area (Å²) in [4.78, 5) is 1.96. The van der Waals surface area contributed by atoms with Crippen molar-refractivity contribution >= 4 is 23.0 Å². The number of rotatable bonds is 4. The van der Waals surface area contributed by atoms with Crippen LogP contribution in [0.25, 0.3) is 0 Å². The molecule has 2 aromatic rings. The highest BCUT2D eigenvalue weighted by molar-refractivity contribution is 7.80. The molecule has 1 N–H and O–H groups in total. The molecule has 1 aliphatic rings. The van der Waals surface area contributed by atoms with E-state index < -0.39 is 5.82 Å². The Balaban J connectivity index is 1.54. The summed E-state index contributed by atoms with van der Waals surface area (Å²) in [6.07, 6.45) is -0.225. The molecule has 0 radical (unpaired) electrons. The third kappa shape index (κ3) is 4.89. The Morgan fingerprint density at radius 3 is 2.81 bits per heavy atom. The van der Waals surface area contributed by atoms with Crippen molar-refractivity contribution in [1.29, 1.82) is 0 Å². The Bertz CT molecular complexity index is 771. The first-order valence-electron chi connectivity index (χ1n) is 8.33. The van der Waals surface area contributed by atoms with Gasteiger partial charge in [-0.05, 0) is 61.1 Å². The van der Waals surface area contributed by atoms with Gasteiger partial charge in [-0.2, -0.15) is 0 Å². The van der Waals surface area contributed by atoms with Crippen LogP contribution in [0.1, 0.15) is 5.56 Å². The van der Waals surface area contributed by atoms with Crippen LogP contribution in [0, 0.1) is 18.6 Å². The Hall–Kier alpha value is -2.25. The number of thiocarbonyl (C=S) groups is 1. The largest absolute Gasteiger partial charge is 0.488 e. The zero-order valence-corrected chi connectivity index (χ0v) is 15.2. The average molecular weight is 378 g/mol. The fraction of sp³-hybridized carbons (Fsp3) is 0.316. The molecule has 1 fully saturated rings. The van der Waals surface area contributed by atoms with Crippen LogP contribution >= 0.6 is 12.2 Å². The molecule has 138 valence electrons. The second-order valence-corrected chi connectivity index (χ2v) is 6.51. The third-order valence-electron chi connectivity index (χ3n) is 4.03. The third-order valence-corrected chi connectivity index (χ3v) is 4.39. The number of hydrogen-bond acceptors (Lipinski definition) is 3. The van der Waals surface area contributed by atoms with Crippen molar-refractivity contribution < 1.29 is 18.3 Å². The molecule has 1 unspecified atom stereocenters. The SMILES string of the molecule is Cc1ccc(F)c(OCC2CN(C(=S)Nc3ccc(F)cc3)CCO2)c1. The van der Waals surface area contributed by atoms with Crippen molar-refractivity contribution in [2.24, 2.45) is 0 Å². The molecule has 0 amide bonds. The van der Waals surface area contributed by atoms with Crippen LogP contribution in [0.2, 0.25) is 0 Å². The molecule has 2 aromatic carbocycles. The van der Waals surface area contributed by atoms with Crippen molar-refractivity contribution in [2.75, 3.05) is 31.6 Å².